The molecule has 1 aromatic carbocycles. The van der Waals surface area contributed by atoms with Crippen LogP contribution in [0.25, 0.3) is 0 Å². The van der Waals surface area contributed by atoms with Crippen LogP contribution >= 0.6 is 0 Å². The summed E-state index contributed by atoms with van der Waals surface area (Å²) in [6.45, 7) is 2.25. The van der Waals surface area contributed by atoms with Gasteiger partial charge in [-0.15, -0.1) is 0 Å². The molecule has 0 unspecified atom stereocenters. The first kappa shape index (κ1) is 26.4. The van der Waals surface area contributed by atoms with E-state index in [1.54, 1.807) is 0 Å². The first-order chi connectivity index (χ1) is 14.4. The largest absolute Gasteiger partial charge is 0.423 e. The summed E-state index contributed by atoms with van der Waals surface area (Å²) in [7, 11) is -4.24. The second-order valence-electron chi connectivity index (χ2n) is 7.80. The van der Waals surface area contributed by atoms with Gasteiger partial charge in [-0.05, 0) is 37.1 Å². The molecule has 1 N–H and O–H groups in total. The predicted molar refractivity (Wildman–Crippen MR) is 121 cm³/mol. The first-order valence-electron chi connectivity index (χ1n) is 11.4. The van der Waals surface area contributed by atoms with E-state index in [0.29, 0.717) is 0 Å². The van der Waals surface area contributed by atoms with Crippen molar-refractivity contribution in [2.75, 3.05) is 0 Å². The van der Waals surface area contributed by atoms with Crippen molar-refractivity contribution >= 4 is 16.1 Å². The van der Waals surface area contributed by atoms with E-state index >= 15 is 0 Å². The lowest BCUT2D eigenvalue weighted by Gasteiger charge is -2.03. The molecule has 0 aliphatic carbocycles. The smallest absolute Gasteiger partial charge is 0.335 e. The van der Waals surface area contributed by atoms with Crippen molar-refractivity contribution in [1.82, 2.24) is 0 Å². The molecule has 1 rings (SSSR count). The highest BCUT2D eigenvalue weighted by Gasteiger charge is 2.09. The third kappa shape index (κ3) is 13.5. The van der Waals surface area contributed by atoms with E-state index < -0.39 is 16.1 Å². The Labute approximate surface area is 182 Å². The SMILES string of the molecule is CCCCCCCCCCCCCCCC=CC(=O)Oc1ccc(S(=O)(=O)O)cc1. The number of hydrogen-bond acceptors (Lipinski definition) is 4. The van der Waals surface area contributed by atoms with Crippen molar-refractivity contribution in [3.63, 3.8) is 0 Å². The Hall–Kier alpha value is -1.66. The van der Waals surface area contributed by atoms with Crippen LogP contribution in [0.15, 0.2) is 41.3 Å². The average molecular weight is 439 g/mol. The standard InChI is InChI=1S/C24H38O5S/c1-2-3-4-5-6-7-8-9-10-11-12-13-14-15-16-17-24(25)29-22-18-20-23(21-19-22)30(26,27)28/h16-21H,2-15H2,1H3,(H,26,27,28). The molecule has 6 heteroatoms. The highest BCUT2D eigenvalue weighted by Crippen LogP contribution is 2.16. The van der Waals surface area contributed by atoms with Crippen LogP contribution in [0.3, 0.4) is 0 Å². The van der Waals surface area contributed by atoms with E-state index in [1.807, 2.05) is 6.08 Å². The van der Waals surface area contributed by atoms with E-state index in [9.17, 15) is 13.2 Å². The monoisotopic (exact) mass is 438 g/mol. The number of carbonyl (C=O) groups is 1. The molecule has 30 heavy (non-hydrogen) atoms. The predicted octanol–water partition coefficient (Wildman–Crippen LogP) is 6.88. The van der Waals surface area contributed by atoms with Gasteiger partial charge in [0.05, 0.1) is 4.90 Å². The van der Waals surface area contributed by atoms with Gasteiger partial charge in [0.15, 0.2) is 0 Å². The number of hydrogen-bond donors (Lipinski definition) is 1. The van der Waals surface area contributed by atoms with Gasteiger partial charge < -0.3 is 4.74 Å². The molecule has 0 aliphatic rings. The van der Waals surface area contributed by atoms with Crippen molar-refractivity contribution in [3.05, 3.63) is 36.4 Å². The highest BCUT2D eigenvalue weighted by atomic mass is 32.2. The minimum atomic E-state index is -4.24. The maximum atomic E-state index is 11.8. The molecule has 0 heterocycles. The Morgan fingerprint density at radius 2 is 1.30 bits per heavy atom. The summed E-state index contributed by atoms with van der Waals surface area (Å²) in [6.07, 6.45) is 21.1. The fraction of sp³-hybridized carbons (Fsp3) is 0.625. The molecule has 0 spiro atoms. The van der Waals surface area contributed by atoms with Gasteiger partial charge in [-0.3, -0.25) is 4.55 Å². The summed E-state index contributed by atoms with van der Waals surface area (Å²) in [6, 6.07) is 5.05. The van der Waals surface area contributed by atoms with Crippen molar-refractivity contribution in [3.8, 4) is 5.75 Å². The number of esters is 1. The highest BCUT2D eigenvalue weighted by molar-refractivity contribution is 7.85. The zero-order chi connectivity index (χ0) is 22.1. The Morgan fingerprint density at radius 1 is 0.833 bits per heavy atom. The molecule has 0 bridgehead atoms. The molecule has 1 aromatic rings. The molecule has 170 valence electrons. The van der Waals surface area contributed by atoms with E-state index in [1.165, 1.54) is 107 Å². The van der Waals surface area contributed by atoms with Gasteiger partial charge in [0.25, 0.3) is 10.1 Å². The number of rotatable bonds is 17. The van der Waals surface area contributed by atoms with Gasteiger partial charge in [0, 0.05) is 6.08 Å². The minimum absolute atomic E-state index is 0.234. The molecule has 0 saturated carbocycles. The van der Waals surface area contributed by atoms with Crippen LogP contribution in [0.1, 0.15) is 96.8 Å². The molecule has 0 aromatic heterocycles. The van der Waals surface area contributed by atoms with E-state index in [0.717, 1.165) is 12.8 Å². The van der Waals surface area contributed by atoms with Crippen LogP contribution < -0.4 is 4.74 Å². The summed E-state index contributed by atoms with van der Waals surface area (Å²) in [5, 5.41) is 0. The van der Waals surface area contributed by atoms with Crippen LogP contribution in [0.4, 0.5) is 0 Å². The molecular weight excluding hydrogens is 400 g/mol. The number of ether oxygens (including phenoxy) is 1. The topological polar surface area (TPSA) is 80.7 Å². The van der Waals surface area contributed by atoms with Crippen LogP contribution in [0.2, 0.25) is 0 Å². The lowest BCUT2D eigenvalue weighted by atomic mass is 10.0. The molecule has 0 atom stereocenters. The summed E-state index contributed by atoms with van der Waals surface area (Å²) < 4.78 is 36.0. The Morgan fingerprint density at radius 3 is 1.77 bits per heavy atom. The lowest BCUT2D eigenvalue weighted by Crippen LogP contribution is -2.04. The van der Waals surface area contributed by atoms with Crippen LogP contribution in [0.5, 0.6) is 5.75 Å². The maximum Gasteiger partial charge on any atom is 0.335 e. The van der Waals surface area contributed by atoms with Crippen LogP contribution in [-0.2, 0) is 14.9 Å². The van der Waals surface area contributed by atoms with E-state index in [4.69, 9.17) is 9.29 Å². The lowest BCUT2D eigenvalue weighted by molar-refractivity contribution is -0.129. The molecule has 5 nitrogen and oxygen atoms in total. The van der Waals surface area contributed by atoms with Gasteiger partial charge in [0.1, 0.15) is 5.75 Å². The van der Waals surface area contributed by atoms with Crippen molar-refractivity contribution in [2.45, 2.75) is 102 Å². The van der Waals surface area contributed by atoms with Gasteiger partial charge in [0.2, 0.25) is 0 Å². The summed E-state index contributed by atoms with van der Waals surface area (Å²) in [5.74, 6) is -0.262. The fourth-order valence-electron chi connectivity index (χ4n) is 3.29. The fourth-order valence-corrected chi connectivity index (χ4v) is 3.77. The number of unbranched alkanes of at least 4 members (excludes halogenated alkanes) is 13. The first-order valence-corrected chi connectivity index (χ1v) is 12.8. The van der Waals surface area contributed by atoms with Crippen molar-refractivity contribution in [1.29, 1.82) is 0 Å². The molecule has 0 saturated heterocycles. The second-order valence-corrected chi connectivity index (χ2v) is 9.22. The van der Waals surface area contributed by atoms with Gasteiger partial charge in [-0.25, -0.2) is 4.79 Å². The van der Waals surface area contributed by atoms with Crippen LogP contribution in [0, 0.1) is 0 Å². The van der Waals surface area contributed by atoms with Gasteiger partial charge in [-0.1, -0.05) is 90.0 Å². The van der Waals surface area contributed by atoms with Crippen molar-refractivity contribution < 1.29 is 22.5 Å². The Balaban J connectivity index is 1.99. The van der Waals surface area contributed by atoms with E-state index in [-0.39, 0.29) is 10.6 Å². The normalized spacial score (nSPS) is 11.8. The average Bonchev–Trinajstić information content (AvgIpc) is 2.70. The number of carbonyl (C=O) groups excluding carboxylic acids is 1. The number of allylic oxidation sites excluding steroid dienone is 1. The van der Waals surface area contributed by atoms with E-state index in [2.05, 4.69) is 6.92 Å². The molecule has 0 aliphatic heterocycles. The van der Waals surface area contributed by atoms with Crippen LogP contribution in [-0.4, -0.2) is 18.9 Å². The molecule has 0 amide bonds. The summed E-state index contributed by atoms with van der Waals surface area (Å²) >= 11 is 0. The minimum Gasteiger partial charge on any atom is -0.423 e. The third-order valence-corrected chi connectivity index (χ3v) is 5.94. The molecule has 0 fully saturated rings. The maximum absolute atomic E-state index is 11.8. The van der Waals surface area contributed by atoms with Crippen molar-refractivity contribution in [2.24, 2.45) is 0 Å². The Kier molecular flexibility index (Phi) is 14.1. The zero-order valence-corrected chi connectivity index (χ0v) is 19.2. The van der Waals surface area contributed by atoms with Gasteiger partial charge in [-0.2, -0.15) is 8.42 Å². The van der Waals surface area contributed by atoms with Gasteiger partial charge >= 0.3 is 5.97 Å². The quantitative estimate of drug-likeness (QED) is 0.0943. The second kappa shape index (κ2) is 16.1. The third-order valence-electron chi connectivity index (χ3n) is 5.07. The zero-order valence-electron chi connectivity index (χ0n) is 18.4. The molecular formula is C24H38O5S. The molecule has 0 radical (unpaired) electrons. The summed E-state index contributed by atoms with van der Waals surface area (Å²) in [4.78, 5) is 11.5. The number of benzene rings is 1. The summed E-state index contributed by atoms with van der Waals surface area (Å²) in [5.41, 5.74) is 0. The Bertz CT molecular complexity index is 708.